The Bertz CT molecular complexity index is 825. The zero-order valence-electron chi connectivity index (χ0n) is 13.1. The molecule has 2 aromatic rings. The number of halogens is 3. The van der Waals surface area contributed by atoms with Crippen molar-refractivity contribution in [3.63, 3.8) is 0 Å². The molecule has 124 valence electrons. The monoisotopic (exact) mass is 332 g/mol. The Balaban J connectivity index is 2.14. The highest BCUT2D eigenvalue weighted by Gasteiger charge is 2.35. The van der Waals surface area contributed by atoms with Gasteiger partial charge in [0.25, 0.3) is 5.91 Å². The van der Waals surface area contributed by atoms with Crippen LogP contribution >= 0.6 is 0 Å². The van der Waals surface area contributed by atoms with Gasteiger partial charge in [-0.3, -0.25) is 9.69 Å². The maximum absolute atomic E-state index is 13.0. The Hall–Kier alpha value is -2.76. The molecule has 0 atom stereocenters. The van der Waals surface area contributed by atoms with Crippen LogP contribution in [0.25, 0.3) is 5.57 Å². The van der Waals surface area contributed by atoms with Crippen LogP contribution in [0, 0.1) is 0 Å². The lowest BCUT2D eigenvalue weighted by Gasteiger charge is -2.19. The van der Waals surface area contributed by atoms with Gasteiger partial charge < -0.3 is 4.90 Å². The molecule has 24 heavy (non-hydrogen) atoms. The molecule has 6 heteroatoms. The fraction of sp³-hybridized carbons (Fsp3) is 0.167. The first kappa shape index (κ1) is 16.1. The Labute approximate surface area is 137 Å². The van der Waals surface area contributed by atoms with Gasteiger partial charge in [0.2, 0.25) is 0 Å². The molecular weight excluding hydrogens is 317 g/mol. The zero-order chi connectivity index (χ0) is 17.5. The standard InChI is InChI=1S/C18H15F3N2O/c1-22(2)11-15-14-8-3-4-9-16(14)23(17(15)24)13-7-5-6-12(10-13)18(19,20)21/h3-11H,1-2H3/b15-11-. The van der Waals surface area contributed by atoms with Crippen molar-refractivity contribution < 1.29 is 18.0 Å². The van der Waals surface area contributed by atoms with Crippen LogP contribution in [0.2, 0.25) is 0 Å². The topological polar surface area (TPSA) is 23.6 Å². The van der Waals surface area contributed by atoms with Gasteiger partial charge in [0.05, 0.1) is 16.8 Å². The molecule has 0 unspecified atom stereocenters. The van der Waals surface area contributed by atoms with Crippen LogP contribution in [0.3, 0.4) is 0 Å². The van der Waals surface area contributed by atoms with Gasteiger partial charge >= 0.3 is 6.18 Å². The zero-order valence-corrected chi connectivity index (χ0v) is 13.1. The van der Waals surface area contributed by atoms with E-state index in [0.29, 0.717) is 16.8 Å². The van der Waals surface area contributed by atoms with E-state index in [2.05, 4.69) is 0 Å². The highest BCUT2D eigenvalue weighted by atomic mass is 19.4. The van der Waals surface area contributed by atoms with E-state index in [0.717, 1.165) is 12.1 Å². The number of benzene rings is 2. The lowest BCUT2D eigenvalue weighted by atomic mass is 10.1. The average molecular weight is 332 g/mol. The summed E-state index contributed by atoms with van der Waals surface area (Å²) in [6.07, 6.45) is -2.78. The molecule has 0 radical (unpaired) electrons. The molecule has 0 N–H and O–H groups in total. The normalized spacial score (nSPS) is 15.8. The van der Waals surface area contributed by atoms with Crippen molar-refractivity contribution in [2.75, 3.05) is 19.0 Å². The molecule has 1 aliphatic rings. The van der Waals surface area contributed by atoms with Crippen LogP contribution in [0.5, 0.6) is 0 Å². The molecule has 0 saturated heterocycles. The summed E-state index contributed by atoms with van der Waals surface area (Å²) in [5.74, 6) is -0.343. The maximum atomic E-state index is 13.0. The van der Waals surface area contributed by atoms with E-state index in [9.17, 15) is 18.0 Å². The second kappa shape index (κ2) is 5.70. The number of amides is 1. The summed E-state index contributed by atoms with van der Waals surface area (Å²) in [5, 5.41) is 0. The maximum Gasteiger partial charge on any atom is 0.416 e. The van der Waals surface area contributed by atoms with Gasteiger partial charge in [-0.1, -0.05) is 24.3 Å². The summed E-state index contributed by atoms with van der Waals surface area (Å²) in [7, 11) is 3.58. The Morgan fingerprint density at radius 1 is 1.04 bits per heavy atom. The van der Waals surface area contributed by atoms with Crippen molar-refractivity contribution in [2.24, 2.45) is 0 Å². The minimum atomic E-state index is -4.46. The molecular formula is C18H15F3N2O. The molecule has 3 rings (SSSR count). The summed E-state index contributed by atoms with van der Waals surface area (Å²) in [6.45, 7) is 0. The predicted octanol–water partition coefficient (Wildman–Crippen LogP) is 4.29. The Kier molecular flexibility index (Phi) is 3.83. The second-order valence-corrected chi connectivity index (χ2v) is 5.71. The van der Waals surface area contributed by atoms with E-state index in [1.165, 1.54) is 17.0 Å². The first-order valence-corrected chi connectivity index (χ1v) is 7.28. The Morgan fingerprint density at radius 2 is 1.75 bits per heavy atom. The smallest absolute Gasteiger partial charge is 0.383 e. The molecule has 0 spiro atoms. The third-order valence-corrected chi connectivity index (χ3v) is 3.69. The minimum absolute atomic E-state index is 0.199. The van der Waals surface area contributed by atoms with E-state index >= 15 is 0 Å². The van der Waals surface area contributed by atoms with Crippen molar-refractivity contribution >= 4 is 22.9 Å². The summed E-state index contributed by atoms with van der Waals surface area (Å²) >= 11 is 0. The van der Waals surface area contributed by atoms with Gasteiger partial charge in [0, 0.05) is 31.5 Å². The SMILES string of the molecule is CN(C)/C=C1\C(=O)N(c2cccc(C(F)(F)F)c2)c2ccccc21. The second-order valence-electron chi connectivity index (χ2n) is 5.71. The first-order chi connectivity index (χ1) is 11.3. The third-order valence-electron chi connectivity index (χ3n) is 3.69. The van der Waals surface area contributed by atoms with Gasteiger partial charge in [0.1, 0.15) is 0 Å². The number of nitrogens with zero attached hydrogens (tertiary/aromatic N) is 2. The van der Waals surface area contributed by atoms with Gasteiger partial charge in [-0.15, -0.1) is 0 Å². The number of para-hydroxylation sites is 1. The number of carbonyl (C=O) groups is 1. The third kappa shape index (κ3) is 2.75. The molecule has 1 heterocycles. The quantitative estimate of drug-likeness (QED) is 0.766. The van der Waals surface area contributed by atoms with E-state index < -0.39 is 11.7 Å². The van der Waals surface area contributed by atoms with Crippen molar-refractivity contribution in [1.82, 2.24) is 4.90 Å². The van der Waals surface area contributed by atoms with Crippen molar-refractivity contribution in [3.05, 3.63) is 65.9 Å². The van der Waals surface area contributed by atoms with Gasteiger partial charge in [0.15, 0.2) is 0 Å². The van der Waals surface area contributed by atoms with Crippen LogP contribution in [0.15, 0.2) is 54.7 Å². The molecule has 3 nitrogen and oxygen atoms in total. The fourth-order valence-corrected chi connectivity index (χ4v) is 2.70. The molecule has 0 aromatic heterocycles. The van der Waals surface area contributed by atoms with Gasteiger partial charge in [-0.05, 0) is 24.3 Å². The minimum Gasteiger partial charge on any atom is -0.383 e. The van der Waals surface area contributed by atoms with Crippen LogP contribution in [-0.2, 0) is 11.0 Å². The molecule has 0 bridgehead atoms. The average Bonchev–Trinajstić information content (AvgIpc) is 2.79. The van der Waals surface area contributed by atoms with Crippen LogP contribution in [-0.4, -0.2) is 24.9 Å². The number of hydrogen-bond acceptors (Lipinski definition) is 2. The molecule has 1 aliphatic heterocycles. The summed E-state index contributed by atoms with van der Waals surface area (Å²) in [5.41, 5.74) is 1.15. The van der Waals surface area contributed by atoms with Crippen LogP contribution in [0.1, 0.15) is 11.1 Å². The number of alkyl halides is 3. The fourth-order valence-electron chi connectivity index (χ4n) is 2.70. The van der Waals surface area contributed by atoms with E-state index in [-0.39, 0.29) is 11.6 Å². The number of carbonyl (C=O) groups excluding carboxylic acids is 1. The number of hydrogen-bond donors (Lipinski definition) is 0. The number of fused-ring (bicyclic) bond motifs is 1. The van der Waals surface area contributed by atoms with Crippen molar-refractivity contribution in [1.29, 1.82) is 0 Å². The molecule has 0 saturated carbocycles. The predicted molar refractivity (Wildman–Crippen MR) is 86.7 cm³/mol. The van der Waals surface area contributed by atoms with Crippen molar-refractivity contribution in [2.45, 2.75) is 6.18 Å². The molecule has 0 aliphatic carbocycles. The lowest BCUT2D eigenvalue weighted by molar-refractivity contribution is -0.137. The highest BCUT2D eigenvalue weighted by Crippen LogP contribution is 2.42. The molecule has 2 aromatic carbocycles. The van der Waals surface area contributed by atoms with E-state index in [4.69, 9.17) is 0 Å². The highest BCUT2D eigenvalue weighted by molar-refractivity contribution is 6.34. The Morgan fingerprint density at radius 3 is 2.42 bits per heavy atom. The van der Waals surface area contributed by atoms with Crippen molar-refractivity contribution in [3.8, 4) is 0 Å². The molecule has 1 amide bonds. The van der Waals surface area contributed by atoms with E-state index in [1.54, 1.807) is 49.5 Å². The van der Waals surface area contributed by atoms with Crippen LogP contribution < -0.4 is 4.90 Å². The summed E-state index contributed by atoms with van der Waals surface area (Å²) < 4.78 is 38.9. The summed E-state index contributed by atoms with van der Waals surface area (Å²) in [6, 6.07) is 11.9. The number of anilines is 2. The van der Waals surface area contributed by atoms with Crippen LogP contribution in [0.4, 0.5) is 24.5 Å². The molecule has 0 fully saturated rings. The van der Waals surface area contributed by atoms with Gasteiger partial charge in [-0.25, -0.2) is 0 Å². The largest absolute Gasteiger partial charge is 0.416 e. The number of rotatable bonds is 2. The lowest BCUT2D eigenvalue weighted by Crippen LogP contribution is -2.21. The first-order valence-electron chi connectivity index (χ1n) is 7.28. The summed E-state index contributed by atoms with van der Waals surface area (Å²) in [4.78, 5) is 15.9. The van der Waals surface area contributed by atoms with Gasteiger partial charge in [-0.2, -0.15) is 13.2 Å². The van der Waals surface area contributed by atoms with E-state index in [1.807, 2.05) is 0 Å².